The van der Waals surface area contributed by atoms with E-state index in [9.17, 15) is 0 Å². The zero-order valence-corrected chi connectivity index (χ0v) is 14.7. The fourth-order valence-corrected chi connectivity index (χ4v) is 4.94. The molecule has 3 aromatic rings. The summed E-state index contributed by atoms with van der Waals surface area (Å²) in [6.07, 6.45) is 1.13. The number of fused-ring (bicyclic) bond motifs is 3. The lowest BCUT2D eigenvalue weighted by atomic mass is 9.90. The maximum atomic E-state index is 3.79. The number of hydrogen-bond acceptors (Lipinski definition) is 2. The average molecular weight is 405 g/mol. The van der Waals surface area contributed by atoms with Crippen molar-refractivity contribution in [3.8, 4) is 0 Å². The van der Waals surface area contributed by atoms with Gasteiger partial charge in [-0.2, -0.15) is 0 Å². The van der Waals surface area contributed by atoms with Gasteiger partial charge in [-0.25, -0.2) is 0 Å². The van der Waals surface area contributed by atoms with Crippen LogP contribution < -0.4 is 5.32 Å². The molecule has 1 aromatic heterocycles. The maximum Gasteiger partial charge on any atom is 0.0596 e. The van der Waals surface area contributed by atoms with Crippen LogP contribution in [0.15, 0.2) is 48.5 Å². The van der Waals surface area contributed by atoms with E-state index < -0.39 is 0 Å². The summed E-state index contributed by atoms with van der Waals surface area (Å²) in [5.74, 6) is 0. The summed E-state index contributed by atoms with van der Waals surface area (Å²) in [6, 6.07) is 18.6. The summed E-state index contributed by atoms with van der Waals surface area (Å²) in [6.45, 7) is 2.28. The Morgan fingerprint density at radius 1 is 1.10 bits per heavy atom. The van der Waals surface area contributed by atoms with Gasteiger partial charge in [0.1, 0.15) is 0 Å². The number of benzene rings is 2. The Kier molecular flexibility index (Phi) is 3.52. The van der Waals surface area contributed by atoms with Gasteiger partial charge in [-0.15, -0.1) is 11.3 Å². The fraction of sp³-hybridized carbons (Fsp3) is 0.222. The Labute approximate surface area is 142 Å². The molecule has 3 heteroatoms. The molecule has 0 saturated carbocycles. The van der Waals surface area contributed by atoms with E-state index in [1.807, 2.05) is 11.3 Å². The van der Waals surface area contributed by atoms with Gasteiger partial charge in [0.05, 0.1) is 6.04 Å². The predicted octanol–water partition coefficient (Wildman–Crippen LogP) is 5.13. The molecule has 0 amide bonds. The third kappa shape index (κ3) is 2.41. The highest BCUT2D eigenvalue weighted by molar-refractivity contribution is 14.1. The van der Waals surface area contributed by atoms with Gasteiger partial charge in [0.25, 0.3) is 0 Å². The molecule has 0 bridgehead atoms. The second-order valence-corrected chi connectivity index (χ2v) is 8.07. The Hall–Kier alpha value is -0.910. The first-order valence-corrected chi connectivity index (χ1v) is 9.14. The smallest absolute Gasteiger partial charge is 0.0596 e. The quantitative estimate of drug-likeness (QED) is 0.554. The molecule has 1 aliphatic heterocycles. The van der Waals surface area contributed by atoms with Gasteiger partial charge in [-0.05, 0) is 70.6 Å². The molecule has 2 aromatic carbocycles. The largest absolute Gasteiger partial charge is 0.303 e. The van der Waals surface area contributed by atoms with Crippen molar-refractivity contribution in [1.82, 2.24) is 5.32 Å². The van der Waals surface area contributed by atoms with Crippen LogP contribution in [0.5, 0.6) is 0 Å². The minimum absolute atomic E-state index is 0.317. The predicted molar refractivity (Wildman–Crippen MR) is 99.1 cm³/mol. The first-order valence-electron chi connectivity index (χ1n) is 7.24. The van der Waals surface area contributed by atoms with Gasteiger partial charge in [0, 0.05) is 19.2 Å². The van der Waals surface area contributed by atoms with Crippen molar-refractivity contribution in [2.75, 3.05) is 0 Å². The number of hydrogen-bond donors (Lipinski definition) is 1. The highest BCUT2D eigenvalue weighted by atomic mass is 127. The summed E-state index contributed by atoms with van der Waals surface area (Å²) in [7, 11) is 0. The van der Waals surface area contributed by atoms with Crippen LogP contribution in [0.3, 0.4) is 0 Å². The van der Waals surface area contributed by atoms with Gasteiger partial charge in [-0.3, -0.25) is 0 Å². The van der Waals surface area contributed by atoms with Crippen LogP contribution in [0.1, 0.15) is 29.0 Å². The summed E-state index contributed by atoms with van der Waals surface area (Å²) < 4.78 is 2.70. The summed E-state index contributed by atoms with van der Waals surface area (Å²) in [4.78, 5) is 1.55. The van der Waals surface area contributed by atoms with Crippen molar-refractivity contribution in [3.05, 3.63) is 68.1 Å². The second kappa shape index (κ2) is 5.38. The Balaban J connectivity index is 1.92. The van der Waals surface area contributed by atoms with Crippen LogP contribution >= 0.6 is 33.9 Å². The topological polar surface area (TPSA) is 12.0 Å². The zero-order valence-electron chi connectivity index (χ0n) is 11.8. The molecule has 2 atom stereocenters. The maximum absolute atomic E-state index is 3.79. The molecule has 0 spiro atoms. The van der Waals surface area contributed by atoms with E-state index in [1.54, 1.807) is 4.88 Å². The van der Waals surface area contributed by atoms with E-state index >= 15 is 0 Å². The zero-order chi connectivity index (χ0) is 14.4. The molecule has 4 rings (SSSR count). The Morgan fingerprint density at radius 3 is 2.67 bits per heavy atom. The summed E-state index contributed by atoms with van der Waals surface area (Å²) in [5, 5.41) is 5.21. The van der Waals surface area contributed by atoms with Crippen LogP contribution in [-0.2, 0) is 6.42 Å². The standard InChI is InChI=1S/C18H16INS/c1-11-10-16-17(14-4-2-3-5-15(14)21-16)18(20-11)12-6-8-13(19)9-7-12/h2-9,11,18,20H,10H2,1H3/t11-,18-/m0/s1. The molecule has 0 aliphatic carbocycles. The van der Waals surface area contributed by atoms with Crippen molar-refractivity contribution < 1.29 is 0 Å². The highest BCUT2D eigenvalue weighted by Crippen LogP contribution is 2.41. The van der Waals surface area contributed by atoms with E-state index in [1.165, 1.54) is 24.8 Å². The summed E-state index contributed by atoms with van der Waals surface area (Å²) >= 11 is 4.33. The van der Waals surface area contributed by atoms with E-state index in [2.05, 4.69) is 83.4 Å². The number of thiophene rings is 1. The van der Waals surface area contributed by atoms with Gasteiger partial charge >= 0.3 is 0 Å². The molecular weight excluding hydrogens is 389 g/mol. The molecular formula is C18H16INS. The third-order valence-corrected chi connectivity index (χ3v) is 6.07. The van der Waals surface area contributed by atoms with E-state index in [-0.39, 0.29) is 0 Å². The molecule has 106 valence electrons. The SMILES string of the molecule is C[C@H]1Cc2sc3ccccc3c2[C@H](c2ccc(I)cc2)N1. The lowest BCUT2D eigenvalue weighted by Crippen LogP contribution is -2.37. The second-order valence-electron chi connectivity index (χ2n) is 5.69. The molecule has 1 N–H and O–H groups in total. The lowest BCUT2D eigenvalue weighted by Gasteiger charge is -2.30. The third-order valence-electron chi connectivity index (χ3n) is 4.15. The van der Waals surface area contributed by atoms with Gasteiger partial charge in [0.2, 0.25) is 0 Å². The molecule has 21 heavy (non-hydrogen) atoms. The highest BCUT2D eigenvalue weighted by Gasteiger charge is 2.28. The van der Waals surface area contributed by atoms with Gasteiger partial charge in [0.15, 0.2) is 0 Å². The monoisotopic (exact) mass is 405 g/mol. The van der Waals surface area contributed by atoms with E-state index in [0.29, 0.717) is 12.1 Å². The number of halogens is 1. The van der Waals surface area contributed by atoms with Crippen molar-refractivity contribution in [2.24, 2.45) is 0 Å². The first kappa shape index (κ1) is 13.7. The van der Waals surface area contributed by atoms with Crippen LogP contribution in [0.2, 0.25) is 0 Å². The van der Waals surface area contributed by atoms with Crippen molar-refractivity contribution in [3.63, 3.8) is 0 Å². The molecule has 0 unspecified atom stereocenters. The summed E-state index contributed by atoms with van der Waals surface area (Å²) in [5.41, 5.74) is 2.86. The van der Waals surface area contributed by atoms with Gasteiger partial charge < -0.3 is 5.32 Å². The Bertz CT molecular complexity index is 791. The van der Waals surface area contributed by atoms with Gasteiger partial charge in [-0.1, -0.05) is 30.3 Å². The van der Waals surface area contributed by atoms with Crippen LogP contribution in [0.4, 0.5) is 0 Å². The number of rotatable bonds is 1. The van der Waals surface area contributed by atoms with Crippen LogP contribution in [0.25, 0.3) is 10.1 Å². The normalized spacial score (nSPS) is 21.4. The van der Waals surface area contributed by atoms with Crippen molar-refractivity contribution in [2.45, 2.75) is 25.4 Å². The van der Waals surface area contributed by atoms with Crippen LogP contribution in [0, 0.1) is 3.57 Å². The molecule has 1 aliphatic rings. The number of nitrogens with one attached hydrogen (secondary N) is 1. The Morgan fingerprint density at radius 2 is 1.86 bits per heavy atom. The average Bonchev–Trinajstić information content (AvgIpc) is 2.85. The molecule has 0 radical (unpaired) electrons. The van der Waals surface area contributed by atoms with Crippen molar-refractivity contribution in [1.29, 1.82) is 0 Å². The molecule has 0 saturated heterocycles. The minimum atomic E-state index is 0.317. The van der Waals surface area contributed by atoms with E-state index in [4.69, 9.17) is 0 Å². The van der Waals surface area contributed by atoms with Crippen LogP contribution in [-0.4, -0.2) is 6.04 Å². The lowest BCUT2D eigenvalue weighted by molar-refractivity contribution is 0.472. The minimum Gasteiger partial charge on any atom is -0.303 e. The first-order chi connectivity index (χ1) is 10.2. The molecule has 2 heterocycles. The molecule has 1 nitrogen and oxygen atoms in total. The van der Waals surface area contributed by atoms with Crippen molar-refractivity contribution >= 4 is 44.0 Å². The fourth-order valence-electron chi connectivity index (χ4n) is 3.21. The van der Waals surface area contributed by atoms with E-state index in [0.717, 1.165) is 6.42 Å². The molecule has 0 fully saturated rings.